The highest BCUT2D eigenvalue weighted by molar-refractivity contribution is 5.48. The number of halogens is 1. The minimum absolute atomic E-state index is 0.111. The van der Waals surface area contributed by atoms with E-state index in [9.17, 15) is 4.39 Å². The summed E-state index contributed by atoms with van der Waals surface area (Å²) in [5, 5.41) is 0. The van der Waals surface area contributed by atoms with Gasteiger partial charge < -0.3 is 10.6 Å². The molecule has 3 heteroatoms. The normalized spacial score (nSPS) is 16.8. The Kier molecular flexibility index (Phi) is 5.00. The highest BCUT2D eigenvalue weighted by atomic mass is 19.1. The van der Waals surface area contributed by atoms with Gasteiger partial charge in [0.15, 0.2) is 0 Å². The van der Waals surface area contributed by atoms with Crippen LogP contribution in [0, 0.1) is 5.82 Å². The summed E-state index contributed by atoms with van der Waals surface area (Å²) in [6, 6.07) is 7.59. The van der Waals surface area contributed by atoms with Gasteiger partial charge in [0.25, 0.3) is 0 Å². The van der Waals surface area contributed by atoms with Crippen LogP contribution >= 0.6 is 0 Å². The summed E-state index contributed by atoms with van der Waals surface area (Å²) in [6.07, 6.45) is 7.12. The molecular weight excluding hydrogens is 227 g/mol. The first-order chi connectivity index (χ1) is 8.83. The Hall–Kier alpha value is -1.09. The fourth-order valence-corrected chi connectivity index (χ4v) is 2.84. The van der Waals surface area contributed by atoms with E-state index in [1.807, 2.05) is 12.1 Å². The van der Waals surface area contributed by atoms with Crippen LogP contribution in [0.4, 0.5) is 10.1 Å². The Morgan fingerprint density at radius 3 is 2.56 bits per heavy atom. The monoisotopic (exact) mass is 250 g/mol. The number of hydrogen-bond donors (Lipinski definition) is 1. The van der Waals surface area contributed by atoms with Gasteiger partial charge in [-0.3, -0.25) is 0 Å². The molecule has 0 aliphatic heterocycles. The second-order valence-corrected chi connectivity index (χ2v) is 5.08. The number of nitrogens with two attached hydrogens (primary N) is 1. The van der Waals surface area contributed by atoms with Crippen molar-refractivity contribution < 1.29 is 4.39 Å². The molecule has 1 aliphatic carbocycles. The highest BCUT2D eigenvalue weighted by Gasteiger charge is 2.22. The maximum absolute atomic E-state index is 13.9. The van der Waals surface area contributed by atoms with Crippen molar-refractivity contribution in [3.8, 4) is 0 Å². The minimum Gasteiger partial charge on any atom is -0.366 e. The maximum Gasteiger partial charge on any atom is 0.146 e. The predicted molar refractivity (Wildman–Crippen MR) is 74.3 cm³/mol. The van der Waals surface area contributed by atoms with Crippen LogP contribution in [0.25, 0.3) is 0 Å². The van der Waals surface area contributed by atoms with E-state index < -0.39 is 0 Å². The molecule has 0 bridgehead atoms. The molecule has 2 N–H and O–H groups in total. The predicted octanol–water partition coefficient (Wildman–Crippen LogP) is 3.31. The van der Waals surface area contributed by atoms with Gasteiger partial charge in [-0.25, -0.2) is 4.39 Å². The zero-order valence-corrected chi connectivity index (χ0v) is 10.9. The molecule has 2 rings (SSSR count). The number of nitrogens with zero attached hydrogens (tertiary/aromatic N) is 1. The lowest BCUT2D eigenvalue weighted by Gasteiger charge is -2.36. The molecule has 1 saturated carbocycles. The Morgan fingerprint density at radius 2 is 1.89 bits per heavy atom. The lowest BCUT2D eigenvalue weighted by Crippen LogP contribution is -2.38. The van der Waals surface area contributed by atoms with Gasteiger partial charge in [0, 0.05) is 12.6 Å². The van der Waals surface area contributed by atoms with Gasteiger partial charge in [-0.05, 0) is 37.9 Å². The second-order valence-electron chi connectivity index (χ2n) is 5.08. The van der Waals surface area contributed by atoms with Crippen molar-refractivity contribution in [1.29, 1.82) is 0 Å². The van der Waals surface area contributed by atoms with Crippen LogP contribution in [0.3, 0.4) is 0 Å². The number of para-hydroxylation sites is 1. The highest BCUT2D eigenvalue weighted by Crippen LogP contribution is 2.29. The molecule has 1 aliphatic rings. The summed E-state index contributed by atoms with van der Waals surface area (Å²) in [5.41, 5.74) is 6.35. The fraction of sp³-hybridized carbons (Fsp3) is 0.600. The van der Waals surface area contributed by atoms with Gasteiger partial charge in [-0.2, -0.15) is 0 Å². The van der Waals surface area contributed by atoms with E-state index in [2.05, 4.69) is 4.90 Å². The summed E-state index contributed by atoms with van der Waals surface area (Å²) < 4.78 is 13.9. The summed E-state index contributed by atoms with van der Waals surface area (Å²) in [5.74, 6) is -0.111. The van der Waals surface area contributed by atoms with E-state index in [0.717, 1.165) is 18.7 Å². The lowest BCUT2D eigenvalue weighted by molar-refractivity contribution is 0.409. The van der Waals surface area contributed by atoms with Crippen molar-refractivity contribution in [3.63, 3.8) is 0 Å². The van der Waals surface area contributed by atoms with Crippen LogP contribution in [0.5, 0.6) is 0 Å². The van der Waals surface area contributed by atoms with Crippen LogP contribution < -0.4 is 10.6 Å². The van der Waals surface area contributed by atoms with Gasteiger partial charge in [0.2, 0.25) is 0 Å². The molecule has 1 aromatic carbocycles. The average molecular weight is 250 g/mol. The quantitative estimate of drug-likeness (QED) is 0.868. The van der Waals surface area contributed by atoms with E-state index >= 15 is 0 Å². The molecule has 0 atom stereocenters. The third-order valence-electron chi connectivity index (χ3n) is 3.78. The molecule has 1 fully saturated rings. The van der Waals surface area contributed by atoms with E-state index in [1.54, 1.807) is 12.1 Å². The average Bonchev–Trinajstić information content (AvgIpc) is 2.42. The van der Waals surface area contributed by atoms with Crippen molar-refractivity contribution >= 4 is 5.69 Å². The fourth-order valence-electron chi connectivity index (χ4n) is 2.84. The molecule has 100 valence electrons. The first-order valence-electron chi connectivity index (χ1n) is 7.04. The second kappa shape index (κ2) is 6.74. The smallest absolute Gasteiger partial charge is 0.146 e. The molecule has 0 unspecified atom stereocenters. The van der Waals surface area contributed by atoms with Crippen molar-refractivity contribution in [2.75, 3.05) is 18.0 Å². The summed E-state index contributed by atoms with van der Waals surface area (Å²) in [4.78, 5) is 2.24. The lowest BCUT2D eigenvalue weighted by atomic mass is 9.93. The van der Waals surface area contributed by atoms with E-state index in [-0.39, 0.29) is 5.82 Å². The first kappa shape index (κ1) is 13.3. The van der Waals surface area contributed by atoms with Crippen LogP contribution in [0.15, 0.2) is 24.3 Å². The molecule has 0 saturated heterocycles. The first-order valence-corrected chi connectivity index (χ1v) is 7.04. The van der Waals surface area contributed by atoms with E-state index in [4.69, 9.17) is 5.73 Å². The van der Waals surface area contributed by atoms with E-state index in [0.29, 0.717) is 12.6 Å². The molecule has 1 aromatic rings. The summed E-state index contributed by atoms with van der Waals surface area (Å²) in [7, 11) is 0. The van der Waals surface area contributed by atoms with Gasteiger partial charge in [0.05, 0.1) is 5.69 Å². The van der Waals surface area contributed by atoms with Crippen molar-refractivity contribution in [1.82, 2.24) is 0 Å². The minimum atomic E-state index is -0.111. The maximum atomic E-state index is 13.9. The van der Waals surface area contributed by atoms with Crippen molar-refractivity contribution in [2.24, 2.45) is 5.73 Å². The van der Waals surface area contributed by atoms with Gasteiger partial charge in [-0.15, -0.1) is 0 Å². The van der Waals surface area contributed by atoms with Gasteiger partial charge >= 0.3 is 0 Å². The summed E-state index contributed by atoms with van der Waals surface area (Å²) in [6.45, 7) is 1.53. The summed E-state index contributed by atoms with van der Waals surface area (Å²) >= 11 is 0. The molecule has 0 amide bonds. The molecule has 0 radical (unpaired) electrons. The third-order valence-corrected chi connectivity index (χ3v) is 3.78. The molecule has 0 spiro atoms. The Bertz CT molecular complexity index is 361. The van der Waals surface area contributed by atoms with Gasteiger partial charge in [0.1, 0.15) is 5.82 Å². The topological polar surface area (TPSA) is 29.3 Å². The Morgan fingerprint density at radius 1 is 1.17 bits per heavy atom. The third kappa shape index (κ3) is 3.22. The molecule has 18 heavy (non-hydrogen) atoms. The SMILES string of the molecule is NCCCN(c1ccccc1F)C1CCCCC1. The zero-order valence-electron chi connectivity index (χ0n) is 10.9. The number of anilines is 1. The largest absolute Gasteiger partial charge is 0.366 e. The number of rotatable bonds is 5. The van der Waals surface area contributed by atoms with Crippen LogP contribution in [-0.2, 0) is 0 Å². The van der Waals surface area contributed by atoms with Crippen LogP contribution in [-0.4, -0.2) is 19.1 Å². The number of benzene rings is 1. The number of hydrogen-bond acceptors (Lipinski definition) is 2. The van der Waals surface area contributed by atoms with Crippen LogP contribution in [0.1, 0.15) is 38.5 Å². The molecule has 0 aromatic heterocycles. The molecular formula is C15H23FN2. The Labute approximate surface area is 109 Å². The van der Waals surface area contributed by atoms with Crippen molar-refractivity contribution in [2.45, 2.75) is 44.6 Å². The zero-order chi connectivity index (χ0) is 12.8. The van der Waals surface area contributed by atoms with E-state index in [1.165, 1.54) is 32.1 Å². The van der Waals surface area contributed by atoms with Crippen LogP contribution in [0.2, 0.25) is 0 Å². The van der Waals surface area contributed by atoms with Crippen molar-refractivity contribution in [3.05, 3.63) is 30.1 Å². The standard InChI is InChI=1S/C15H23FN2/c16-14-9-4-5-10-15(14)18(12-6-11-17)13-7-2-1-3-8-13/h4-5,9-10,13H,1-3,6-8,11-12,17H2. The van der Waals surface area contributed by atoms with Gasteiger partial charge in [-0.1, -0.05) is 31.4 Å². The molecule has 0 heterocycles. The Balaban J connectivity index is 2.15. The molecule has 2 nitrogen and oxygen atoms in total.